The van der Waals surface area contributed by atoms with Gasteiger partial charge in [-0.3, -0.25) is 9.79 Å². The second-order valence-electron chi connectivity index (χ2n) is 6.79. The van der Waals surface area contributed by atoms with Crippen LogP contribution in [0.2, 0.25) is 0 Å². The van der Waals surface area contributed by atoms with Crippen LogP contribution in [0.3, 0.4) is 0 Å². The molecule has 0 spiro atoms. The zero-order valence-corrected chi connectivity index (χ0v) is 17.1. The van der Waals surface area contributed by atoms with Gasteiger partial charge in [0.2, 0.25) is 5.95 Å². The van der Waals surface area contributed by atoms with E-state index in [-0.39, 0.29) is 5.91 Å². The Morgan fingerprint density at radius 3 is 2.59 bits per heavy atom. The van der Waals surface area contributed by atoms with Crippen LogP contribution in [0.1, 0.15) is 22.8 Å². The minimum absolute atomic E-state index is 0.0658. The summed E-state index contributed by atoms with van der Waals surface area (Å²) in [5.41, 5.74) is 1.79. The van der Waals surface area contributed by atoms with Crippen LogP contribution in [-0.2, 0) is 6.42 Å². The van der Waals surface area contributed by atoms with Crippen molar-refractivity contribution >= 4 is 17.8 Å². The quantitative estimate of drug-likeness (QED) is 0.564. The Bertz CT molecular complexity index is 817. The molecule has 2 aromatic rings. The number of guanidine groups is 1. The van der Waals surface area contributed by atoms with Crippen molar-refractivity contribution in [3.63, 3.8) is 0 Å². The highest BCUT2D eigenvalue weighted by Gasteiger charge is 2.20. The third-order valence-corrected chi connectivity index (χ3v) is 4.83. The molecule has 154 valence electrons. The number of hydrogen-bond acceptors (Lipinski definition) is 5. The monoisotopic (exact) mass is 395 g/mol. The second-order valence-corrected chi connectivity index (χ2v) is 6.79. The van der Waals surface area contributed by atoms with Gasteiger partial charge in [-0.05, 0) is 37.1 Å². The first-order chi connectivity index (χ1) is 14.2. The summed E-state index contributed by atoms with van der Waals surface area (Å²) in [5.74, 6) is 1.65. The van der Waals surface area contributed by atoms with Crippen molar-refractivity contribution < 1.29 is 4.79 Å². The van der Waals surface area contributed by atoms with E-state index in [1.807, 2.05) is 30.3 Å². The molecule has 3 rings (SSSR count). The maximum atomic E-state index is 11.8. The highest BCUT2D eigenvalue weighted by atomic mass is 16.1. The van der Waals surface area contributed by atoms with Crippen LogP contribution < -0.4 is 15.5 Å². The zero-order valence-electron chi connectivity index (χ0n) is 17.1. The summed E-state index contributed by atoms with van der Waals surface area (Å²) in [6, 6.07) is 9.54. The van der Waals surface area contributed by atoms with Gasteiger partial charge in [-0.2, -0.15) is 0 Å². The number of nitrogens with zero attached hydrogens (tertiary/aromatic N) is 5. The Hall–Kier alpha value is -3.16. The smallest absolute Gasteiger partial charge is 0.251 e. The highest BCUT2D eigenvalue weighted by molar-refractivity contribution is 5.94. The molecule has 1 aliphatic rings. The predicted molar refractivity (Wildman–Crippen MR) is 115 cm³/mol. The summed E-state index contributed by atoms with van der Waals surface area (Å²) >= 11 is 0. The van der Waals surface area contributed by atoms with E-state index in [9.17, 15) is 4.79 Å². The van der Waals surface area contributed by atoms with Gasteiger partial charge in [-0.1, -0.05) is 12.1 Å². The zero-order chi connectivity index (χ0) is 20.5. The summed E-state index contributed by atoms with van der Waals surface area (Å²) in [6.45, 7) is 7.04. The van der Waals surface area contributed by atoms with Gasteiger partial charge in [0.05, 0.1) is 0 Å². The van der Waals surface area contributed by atoms with Gasteiger partial charge in [0, 0.05) is 64.3 Å². The molecule has 0 saturated carbocycles. The van der Waals surface area contributed by atoms with Gasteiger partial charge in [0.1, 0.15) is 0 Å². The molecule has 0 radical (unpaired) electrons. The van der Waals surface area contributed by atoms with E-state index in [0.29, 0.717) is 12.1 Å². The molecular weight excluding hydrogens is 366 g/mol. The number of carbonyl (C=O) groups is 1. The van der Waals surface area contributed by atoms with Crippen molar-refractivity contribution in [3.05, 3.63) is 53.9 Å². The van der Waals surface area contributed by atoms with Gasteiger partial charge in [0.25, 0.3) is 5.91 Å². The topological polar surface area (TPSA) is 85.8 Å². The summed E-state index contributed by atoms with van der Waals surface area (Å²) < 4.78 is 0. The minimum Gasteiger partial charge on any atom is -0.357 e. The van der Waals surface area contributed by atoms with E-state index in [0.717, 1.165) is 56.6 Å². The molecule has 2 N–H and O–H groups in total. The van der Waals surface area contributed by atoms with Crippen LogP contribution in [0.25, 0.3) is 0 Å². The molecule has 0 aliphatic carbocycles. The fourth-order valence-corrected chi connectivity index (χ4v) is 3.30. The first-order valence-electron chi connectivity index (χ1n) is 10.1. The lowest BCUT2D eigenvalue weighted by Crippen LogP contribution is -2.53. The molecule has 1 aliphatic heterocycles. The molecule has 1 saturated heterocycles. The normalized spacial score (nSPS) is 14.6. The SMILES string of the molecule is CCNC(=NCCc1cccc(C(=O)NC)c1)N1CCN(c2ncccn2)CC1. The van der Waals surface area contributed by atoms with E-state index in [2.05, 4.69) is 37.3 Å². The van der Waals surface area contributed by atoms with Crippen LogP contribution in [0.15, 0.2) is 47.7 Å². The van der Waals surface area contributed by atoms with E-state index < -0.39 is 0 Å². The number of piperazine rings is 1. The van der Waals surface area contributed by atoms with Crippen molar-refractivity contribution in [3.8, 4) is 0 Å². The highest BCUT2D eigenvalue weighted by Crippen LogP contribution is 2.10. The van der Waals surface area contributed by atoms with E-state index >= 15 is 0 Å². The fourth-order valence-electron chi connectivity index (χ4n) is 3.30. The number of anilines is 1. The Labute approximate surface area is 172 Å². The number of aromatic nitrogens is 2. The number of nitrogens with one attached hydrogen (secondary N) is 2. The number of carbonyl (C=O) groups excluding carboxylic acids is 1. The van der Waals surface area contributed by atoms with E-state index in [1.54, 1.807) is 19.4 Å². The summed E-state index contributed by atoms with van der Waals surface area (Å²) in [6.07, 6.45) is 4.34. The maximum absolute atomic E-state index is 11.8. The first kappa shape index (κ1) is 20.6. The number of aliphatic imine (C=N–C) groups is 1. The van der Waals surface area contributed by atoms with Crippen LogP contribution in [-0.4, -0.2) is 73.1 Å². The Kier molecular flexibility index (Phi) is 7.38. The number of hydrogen-bond donors (Lipinski definition) is 2. The van der Waals surface area contributed by atoms with E-state index in [4.69, 9.17) is 4.99 Å². The Balaban J connectivity index is 1.57. The number of benzene rings is 1. The number of amides is 1. The van der Waals surface area contributed by atoms with Crippen LogP contribution in [0.5, 0.6) is 0 Å². The average molecular weight is 396 g/mol. The average Bonchev–Trinajstić information content (AvgIpc) is 2.79. The minimum atomic E-state index is -0.0658. The van der Waals surface area contributed by atoms with Crippen molar-refractivity contribution in [2.75, 3.05) is 51.2 Å². The lowest BCUT2D eigenvalue weighted by molar-refractivity contribution is 0.0963. The summed E-state index contributed by atoms with van der Waals surface area (Å²) in [4.78, 5) is 29.8. The third-order valence-electron chi connectivity index (χ3n) is 4.83. The molecule has 0 bridgehead atoms. The fraction of sp³-hybridized carbons (Fsp3) is 0.429. The molecule has 8 nitrogen and oxygen atoms in total. The molecule has 0 atom stereocenters. The molecule has 1 amide bonds. The van der Waals surface area contributed by atoms with Crippen molar-refractivity contribution in [1.29, 1.82) is 0 Å². The van der Waals surface area contributed by atoms with Crippen LogP contribution >= 0.6 is 0 Å². The molecular formula is C21H29N7O. The molecule has 2 heterocycles. The maximum Gasteiger partial charge on any atom is 0.251 e. The van der Waals surface area contributed by atoms with Gasteiger partial charge in [0.15, 0.2) is 5.96 Å². The van der Waals surface area contributed by atoms with Gasteiger partial charge in [-0.25, -0.2) is 9.97 Å². The molecule has 1 aromatic carbocycles. The molecule has 29 heavy (non-hydrogen) atoms. The second kappa shape index (κ2) is 10.4. The molecule has 1 fully saturated rings. The predicted octanol–water partition coefficient (Wildman–Crippen LogP) is 1.17. The Morgan fingerprint density at radius 2 is 1.90 bits per heavy atom. The van der Waals surface area contributed by atoms with Crippen molar-refractivity contribution in [2.45, 2.75) is 13.3 Å². The first-order valence-corrected chi connectivity index (χ1v) is 10.1. The van der Waals surface area contributed by atoms with Crippen molar-refractivity contribution in [1.82, 2.24) is 25.5 Å². The largest absolute Gasteiger partial charge is 0.357 e. The summed E-state index contributed by atoms with van der Waals surface area (Å²) in [5, 5.41) is 6.06. The molecule has 0 unspecified atom stereocenters. The number of rotatable bonds is 6. The van der Waals surface area contributed by atoms with Crippen molar-refractivity contribution in [2.24, 2.45) is 4.99 Å². The lowest BCUT2D eigenvalue weighted by Gasteiger charge is -2.36. The lowest BCUT2D eigenvalue weighted by atomic mass is 10.1. The third kappa shape index (κ3) is 5.66. The van der Waals surface area contributed by atoms with E-state index in [1.165, 1.54) is 0 Å². The molecule has 8 heteroatoms. The molecule has 1 aromatic heterocycles. The van der Waals surface area contributed by atoms with Gasteiger partial charge >= 0.3 is 0 Å². The van der Waals surface area contributed by atoms with Crippen LogP contribution in [0, 0.1) is 0 Å². The summed E-state index contributed by atoms with van der Waals surface area (Å²) in [7, 11) is 1.64. The van der Waals surface area contributed by atoms with Crippen LogP contribution in [0.4, 0.5) is 5.95 Å². The van der Waals surface area contributed by atoms with Gasteiger partial charge < -0.3 is 20.4 Å². The standard InChI is InChI=1S/C21H29N7O/c1-3-23-20(26-11-8-17-6-4-7-18(16-17)19(29)22-2)27-12-14-28(15-13-27)21-24-9-5-10-25-21/h4-7,9-10,16H,3,8,11-15H2,1-2H3,(H,22,29)(H,23,26). The van der Waals surface area contributed by atoms with Gasteiger partial charge in [-0.15, -0.1) is 0 Å². The Morgan fingerprint density at radius 1 is 1.14 bits per heavy atom.